The number of rotatable bonds is 13. The number of amides is 8. The molecule has 2 saturated heterocycles. The molecule has 0 unspecified atom stereocenters. The number of benzene rings is 4. The highest BCUT2D eigenvalue weighted by Crippen LogP contribution is 2.35. The summed E-state index contributed by atoms with van der Waals surface area (Å²) in [6, 6.07) is 22.0. The molecular weight excluding hydrogens is 1450 g/mol. The minimum atomic E-state index is -1.78. The third kappa shape index (κ3) is 23.7. The van der Waals surface area contributed by atoms with Gasteiger partial charge in [-0.05, 0) is 149 Å². The summed E-state index contributed by atoms with van der Waals surface area (Å²) in [7, 11) is 7.82. The van der Waals surface area contributed by atoms with E-state index in [1.54, 1.807) is 67.3 Å². The van der Waals surface area contributed by atoms with Crippen LogP contribution in [-0.4, -0.2) is 208 Å². The van der Waals surface area contributed by atoms with Gasteiger partial charge in [0.25, 0.3) is 0 Å². The van der Waals surface area contributed by atoms with E-state index >= 15 is 28.8 Å². The molecule has 6 N–H and O–H groups in total. The maximum Gasteiger partial charge on any atom is 0.246 e. The average molecular weight is 1560 g/mol. The van der Waals surface area contributed by atoms with E-state index in [-0.39, 0.29) is 132 Å². The van der Waals surface area contributed by atoms with Crippen LogP contribution in [0.5, 0.6) is 5.75 Å². The van der Waals surface area contributed by atoms with Crippen LogP contribution in [0.15, 0.2) is 103 Å². The van der Waals surface area contributed by atoms with Crippen molar-refractivity contribution in [1.29, 1.82) is 0 Å². The summed E-state index contributed by atoms with van der Waals surface area (Å²) in [4.78, 5) is 184. The number of hydrogen-bond acceptors (Lipinski definition) is 15. The molecule has 0 aliphatic carbocycles. The number of aromatic nitrogens is 1. The lowest BCUT2D eigenvalue weighted by Crippen LogP contribution is -3.00. The first-order valence-corrected chi connectivity index (χ1v) is 40.1. The molecular formula is C86H115ClN10O15. The van der Waals surface area contributed by atoms with Crippen molar-refractivity contribution < 1.29 is 89.0 Å². The Morgan fingerprint density at radius 3 is 2.13 bits per heavy atom. The summed E-state index contributed by atoms with van der Waals surface area (Å²) in [6.07, 6.45) is 4.92. The zero-order chi connectivity index (χ0) is 79.5. The second-order valence-electron chi connectivity index (χ2n) is 32.6. The summed E-state index contributed by atoms with van der Waals surface area (Å²) in [5, 5.41) is 26.8. The number of halogens is 1. The number of aliphatic hydroxyl groups is 1. The molecule has 11 rings (SSSR count). The molecule has 2 fully saturated rings. The minimum absolute atomic E-state index is 0. The highest BCUT2D eigenvalue weighted by atomic mass is 35.5. The van der Waals surface area contributed by atoms with E-state index in [2.05, 4.69) is 52.3 Å². The Hall–Kier alpha value is -9.17. The Labute approximate surface area is 664 Å². The van der Waals surface area contributed by atoms with Gasteiger partial charge in [-0.15, -0.1) is 0 Å². The van der Waals surface area contributed by atoms with E-state index in [1.807, 2.05) is 54.7 Å². The van der Waals surface area contributed by atoms with Gasteiger partial charge in [0, 0.05) is 120 Å². The summed E-state index contributed by atoms with van der Waals surface area (Å²) in [5.41, 5.74) is 3.89. The Morgan fingerprint density at radius 2 is 1.39 bits per heavy atom. The quantitative estimate of drug-likeness (QED) is 0.0715. The number of ketones is 4. The average Bonchev–Trinajstić information content (AvgIpc) is 1.63. The SMILES string of the molecule is COc1ccc(C[C@@H]2NC(=O)[C@H]([C@@H](C)O)NC(=O)[C@@H]3[C@@H]4CCN3C(=O)[C@H]3CC(=O)[C@H](Cc5cccc(c5)CNC(=O)CO4)NC(=O)[C@@H](CCC(=O)CCCCC[N+](C)(C)C)NC(=O)[C@H](C)CC(=O)CCC(=O)N(CCCCCCn4cc(c5ccccc54)C3)Cc3ccc(cc3)CCCC(=O)[C@]3(C)CCCN3C2=O)cc1.[Cl-]. The van der Waals surface area contributed by atoms with Crippen molar-refractivity contribution in [2.24, 2.45) is 11.8 Å². The van der Waals surface area contributed by atoms with Gasteiger partial charge in [-0.3, -0.25) is 57.5 Å². The van der Waals surface area contributed by atoms with Gasteiger partial charge >= 0.3 is 0 Å². The summed E-state index contributed by atoms with van der Waals surface area (Å²) in [5.74, 6) is -8.40. The van der Waals surface area contributed by atoms with E-state index in [0.29, 0.717) is 79.6 Å². The van der Waals surface area contributed by atoms with Gasteiger partial charge in [0.15, 0.2) is 11.6 Å². The number of aliphatic hydroxyl groups excluding tert-OH is 1. The van der Waals surface area contributed by atoms with E-state index in [0.717, 1.165) is 65.2 Å². The molecule has 5 aromatic rings. The van der Waals surface area contributed by atoms with E-state index in [4.69, 9.17) is 9.47 Å². The first-order chi connectivity index (χ1) is 53.1. The van der Waals surface area contributed by atoms with Crippen molar-refractivity contribution in [2.75, 3.05) is 61.0 Å². The predicted molar refractivity (Wildman–Crippen MR) is 418 cm³/mol. The monoisotopic (exact) mass is 1560 g/mol. The van der Waals surface area contributed by atoms with Crippen LogP contribution in [0.25, 0.3) is 10.9 Å². The first kappa shape index (κ1) is 86.8. The molecule has 0 radical (unpaired) electrons. The highest BCUT2D eigenvalue weighted by molar-refractivity contribution is 6.00. The smallest absolute Gasteiger partial charge is 0.246 e. The fourth-order valence-electron chi connectivity index (χ4n) is 16.3. The molecule has 6 aliphatic rings. The van der Waals surface area contributed by atoms with E-state index in [9.17, 15) is 33.9 Å². The van der Waals surface area contributed by atoms with Crippen molar-refractivity contribution in [2.45, 2.75) is 236 Å². The topological polar surface area (TPSA) is 318 Å². The molecule has 4 aromatic carbocycles. The molecule has 112 heavy (non-hydrogen) atoms. The Balaban J connectivity index is 0.0000144. The number of ether oxygens (including phenoxy) is 2. The molecule has 10 atom stereocenters. The number of Topliss-reactive ketones (excluding diaryl/α,β-unsaturated/α-hetero) is 4. The molecule has 0 spiro atoms. The third-order valence-electron chi connectivity index (χ3n) is 22.8. The second kappa shape index (κ2) is 40.5. The lowest BCUT2D eigenvalue weighted by molar-refractivity contribution is -0.870. The van der Waals surface area contributed by atoms with Gasteiger partial charge in [-0.25, -0.2) is 0 Å². The van der Waals surface area contributed by atoms with E-state index in [1.165, 1.54) is 23.8 Å². The molecule has 25 nitrogen and oxygen atoms in total. The van der Waals surface area contributed by atoms with Crippen LogP contribution in [0.2, 0.25) is 0 Å². The van der Waals surface area contributed by atoms with Crippen molar-refractivity contribution in [1.82, 2.24) is 45.9 Å². The number of nitrogens with one attached hydrogen (secondary N) is 5. The normalized spacial score (nSPS) is 25.0. The third-order valence-corrected chi connectivity index (χ3v) is 22.8. The van der Waals surface area contributed by atoms with Crippen LogP contribution in [0.4, 0.5) is 0 Å². The molecule has 6 aliphatic heterocycles. The number of carbonyl (C=O) groups is 12. The van der Waals surface area contributed by atoms with E-state index < -0.39 is 120 Å². The number of aryl methyl sites for hydroxylation is 2. The number of fused-ring (bicyclic) bond motifs is 16. The summed E-state index contributed by atoms with van der Waals surface area (Å²) < 4.78 is 14.7. The van der Waals surface area contributed by atoms with Gasteiger partial charge in [0.05, 0.1) is 58.6 Å². The standard InChI is InChI=1S/C86H114N10O15.ClH/c1-56-46-66(99)34-38-77(103)93-42-15-9-8-14-41-92-54-64(68-24-12-13-25-72(68)92)50-63-51-73(100)70(89-81(105)69(88-80(56)104)37-33-65(98)23-11-10-16-45-96(4,5)6)49-61-21-17-22-62(47-61)52-87-76(102)55-111-74-39-44-94(84(63)108)79(74)83(107)91-78(57(2)97)82(106)90-71(48-59-31-35-67(110-7)36-32-59)85(109)95-43-19-40-86(95,3)75(101)26-18-20-58-27-29-60(53-93)30-28-58;/h12-13,17,21-22,24-25,27-32,35-36,47,54,56-57,63,69-71,74,78-79,97H,8-11,14-16,18-20,23,26,33-34,37-46,48-53,55H2,1-7H3,(H4-,87,88,89,90,91,102,104,105,106,107);1H/t56-,57-,63-,69-,70+,71+,74+,78+,79+,86+;/m1./s1. The summed E-state index contributed by atoms with van der Waals surface area (Å²) in [6.45, 7) is 6.19. The predicted octanol–water partition coefficient (Wildman–Crippen LogP) is 4.07. The number of quaternary nitrogens is 1. The van der Waals surface area contributed by atoms with Gasteiger partial charge in [-0.2, -0.15) is 0 Å². The number of carbonyl (C=O) groups excluding carboxylic acids is 12. The minimum Gasteiger partial charge on any atom is -1.00 e. The van der Waals surface area contributed by atoms with Crippen LogP contribution in [0.1, 0.15) is 176 Å². The first-order valence-electron chi connectivity index (χ1n) is 40.1. The van der Waals surface area contributed by atoms with Crippen LogP contribution in [-0.2, 0) is 108 Å². The Morgan fingerprint density at radius 1 is 0.670 bits per heavy atom. The largest absolute Gasteiger partial charge is 1.00 e. The van der Waals surface area contributed by atoms with Crippen LogP contribution < -0.4 is 43.7 Å². The Kier molecular flexibility index (Phi) is 31.4. The van der Waals surface area contributed by atoms with Crippen molar-refractivity contribution >= 4 is 81.3 Å². The second-order valence-corrected chi connectivity index (χ2v) is 32.6. The van der Waals surface area contributed by atoms with Crippen molar-refractivity contribution in [3.8, 4) is 5.75 Å². The maximum absolute atomic E-state index is 16.3. The fraction of sp³-hybridized carbons (Fsp3) is 0.558. The van der Waals surface area contributed by atoms with Crippen LogP contribution in [0, 0.1) is 11.8 Å². The molecule has 12 bridgehead atoms. The number of unbranched alkanes of at least 4 members (excludes halogenated alkanes) is 2. The number of methoxy groups -OCH3 is 1. The highest BCUT2D eigenvalue weighted by Gasteiger charge is 2.49. The summed E-state index contributed by atoms with van der Waals surface area (Å²) >= 11 is 0. The zero-order valence-electron chi connectivity index (χ0n) is 66.2. The fourth-order valence-corrected chi connectivity index (χ4v) is 16.3. The molecule has 606 valence electrons. The molecule has 7 heterocycles. The lowest BCUT2D eigenvalue weighted by atomic mass is 9.88. The van der Waals surface area contributed by atoms with Crippen molar-refractivity contribution in [3.63, 3.8) is 0 Å². The molecule has 1 aromatic heterocycles. The van der Waals surface area contributed by atoms with Gasteiger partial charge < -0.3 is 77.3 Å². The number of nitrogens with zero attached hydrogens (tertiary/aromatic N) is 5. The number of hydrogen-bond donors (Lipinski definition) is 6. The molecule has 26 heteroatoms. The molecule has 8 amide bonds. The molecule has 0 saturated carbocycles. The lowest BCUT2D eigenvalue weighted by Gasteiger charge is -2.37. The van der Waals surface area contributed by atoms with Crippen LogP contribution >= 0.6 is 0 Å². The van der Waals surface area contributed by atoms with Gasteiger partial charge in [0.2, 0.25) is 47.3 Å². The van der Waals surface area contributed by atoms with Crippen LogP contribution in [0.3, 0.4) is 0 Å². The Bertz CT molecular complexity index is 4160. The van der Waals surface area contributed by atoms with Crippen molar-refractivity contribution in [3.05, 3.63) is 137 Å². The zero-order valence-corrected chi connectivity index (χ0v) is 67.0. The van der Waals surface area contributed by atoms with Gasteiger partial charge in [0.1, 0.15) is 48.1 Å². The number of para-hydroxylation sites is 1. The van der Waals surface area contributed by atoms with Gasteiger partial charge in [-0.1, -0.05) is 98.6 Å². The maximum atomic E-state index is 16.3.